The largest absolute Gasteiger partial charge is 0.537 e. The molecule has 0 saturated heterocycles. The first-order valence-electron chi connectivity index (χ1n) is 6.79. The highest BCUT2D eigenvalue weighted by Gasteiger charge is 2.39. The molecule has 0 radical (unpaired) electrons. The first-order valence-corrected chi connectivity index (χ1v) is 7.67. The van der Waals surface area contributed by atoms with E-state index >= 15 is 0 Å². The molecule has 3 rings (SSSR count). The number of ether oxygens (including phenoxy) is 1. The van der Waals surface area contributed by atoms with E-state index in [1.165, 1.54) is 18.9 Å². The molecule has 0 fully saturated rings. The first-order chi connectivity index (χ1) is 11.0. The molecule has 2 heterocycles. The van der Waals surface area contributed by atoms with Crippen LogP contribution in [0.5, 0.6) is 11.5 Å². The van der Waals surface area contributed by atoms with Crippen molar-refractivity contribution in [2.45, 2.75) is 16.7 Å². The maximum Gasteiger partial charge on any atom is 0.537 e. The molecule has 1 aliphatic rings. The zero-order valence-corrected chi connectivity index (χ0v) is 13.3. The van der Waals surface area contributed by atoms with Crippen LogP contribution in [0, 0.1) is 0 Å². The van der Waals surface area contributed by atoms with Crippen LogP contribution < -0.4 is 9.39 Å². The highest BCUT2D eigenvalue weighted by Crippen LogP contribution is 2.39. The lowest BCUT2D eigenvalue weighted by atomic mass is 9.77. The summed E-state index contributed by atoms with van der Waals surface area (Å²) in [6.07, 6.45) is 2.01. The Hall–Kier alpha value is -2.20. The van der Waals surface area contributed by atoms with Gasteiger partial charge in [0, 0.05) is 7.05 Å². The second-order valence-corrected chi connectivity index (χ2v) is 6.24. The Bertz CT molecular complexity index is 753. The number of hydrogen-bond donors (Lipinski definition) is 2. The SMILES string of the molecule is COc1ccc2c(c1C(=O)O)OB(O)[C@@H](Sc1nncn1C)C2. The molecule has 1 atom stereocenters. The molecule has 10 heteroatoms. The number of aryl methyl sites for hydroxylation is 1. The predicted octanol–water partition coefficient (Wildman–Crippen LogP) is 0.637. The summed E-state index contributed by atoms with van der Waals surface area (Å²) in [4.78, 5) is 11.5. The number of thioether (sulfide) groups is 1. The average Bonchev–Trinajstić information content (AvgIpc) is 2.92. The monoisotopic (exact) mass is 335 g/mol. The Morgan fingerprint density at radius 2 is 2.35 bits per heavy atom. The van der Waals surface area contributed by atoms with E-state index in [4.69, 9.17) is 9.39 Å². The molecular weight excluding hydrogens is 321 g/mol. The standard InChI is InChI=1S/C13H14BN3O5S/c1-17-6-15-16-13(17)23-9-5-7-3-4-8(21-2)10(12(18)19)11(7)22-14(9)20/h3-4,6,9,20H,5H2,1-2H3,(H,18,19)/t9-/m0/s1. The van der Waals surface area contributed by atoms with Crippen molar-refractivity contribution >= 4 is 24.8 Å². The van der Waals surface area contributed by atoms with Crippen molar-refractivity contribution in [1.29, 1.82) is 0 Å². The van der Waals surface area contributed by atoms with Crippen molar-refractivity contribution in [3.8, 4) is 11.5 Å². The van der Waals surface area contributed by atoms with E-state index in [1.807, 2.05) is 0 Å². The third-order valence-corrected chi connectivity index (χ3v) is 4.82. The van der Waals surface area contributed by atoms with Gasteiger partial charge in [-0.2, -0.15) is 0 Å². The highest BCUT2D eigenvalue weighted by atomic mass is 32.2. The molecule has 0 aliphatic carbocycles. The third kappa shape index (κ3) is 2.87. The number of carboxylic acid groups (broad SMARTS) is 1. The Labute approximate surface area is 136 Å². The minimum Gasteiger partial charge on any atom is -0.534 e. The summed E-state index contributed by atoms with van der Waals surface area (Å²) in [5.41, 5.74) is 0.624. The van der Waals surface area contributed by atoms with E-state index in [-0.39, 0.29) is 22.2 Å². The maximum atomic E-state index is 11.5. The van der Waals surface area contributed by atoms with Crippen LogP contribution in [-0.2, 0) is 13.5 Å². The van der Waals surface area contributed by atoms with Crippen LogP contribution in [0.1, 0.15) is 15.9 Å². The minimum absolute atomic E-state index is 0.0776. The second kappa shape index (κ2) is 6.13. The van der Waals surface area contributed by atoms with Crippen molar-refractivity contribution < 1.29 is 24.3 Å². The lowest BCUT2D eigenvalue weighted by molar-refractivity contribution is 0.0690. The van der Waals surface area contributed by atoms with Gasteiger partial charge in [0.15, 0.2) is 5.16 Å². The zero-order valence-electron chi connectivity index (χ0n) is 12.5. The number of fused-ring (bicyclic) bond motifs is 1. The van der Waals surface area contributed by atoms with Gasteiger partial charge in [-0.25, -0.2) is 4.79 Å². The fraction of sp³-hybridized carbons (Fsp3) is 0.308. The third-order valence-electron chi connectivity index (χ3n) is 3.54. The van der Waals surface area contributed by atoms with Crippen molar-refractivity contribution in [3.05, 3.63) is 29.6 Å². The number of carbonyl (C=O) groups is 1. The van der Waals surface area contributed by atoms with Gasteiger partial charge < -0.3 is 24.1 Å². The molecule has 120 valence electrons. The lowest BCUT2D eigenvalue weighted by Gasteiger charge is -2.28. The molecule has 0 amide bonds. The lowest BCUT2D eigenvalue weighted by Crippen LogP contribution is -2.41. The molecule has 23 heavy (non-hydrogen) atoms. The summed E-state index contributed by atoms with van der Waals surface area (Å²) in [5, 5.41) is 27.7. The molecule has 8 nitrogen and oxygen atoms in total. The molecule has 0 spiro atoms. The second-order valence-electron chi connectivity index (χ2n) is 5.03. The van der Waals surface area contributed by atoms with Crippen molar-refractivity contribution in [2.75, 3.05) is 7.11 Å². The Balaban J connectivity index is 1.93. The number of hydrogen-bond acceptors (Lipinski definition) is 7. The average molecular weight is 335 g/mol. The Morgan fingerprint density at radius 1 is 1.57 bits per heavy atom. The van der Waals surface area contributed by atoms with E-state index in [1.54, 1.807) is 30.1 Å². The van der Waals surface area contributed by atoms with Gasteiger partial charge >= 0.3 is 13.1 Å². The van der Waals surface area contributed by atoms with Crippen LogP contribution in [0.2, 0.25) is 0 Å². The summed E-state index contributed by atoms with van der Waals surface area (Å²) < 4.78 is 12.3. The number of methoxy groups -OCH3 is 1. The van der Waals surface area contributed by atoms with Gasteiger partial charge in [0.2, 0.25) is 0 Å². The molecular formula is C13H14BN3O5S. The fourth-order valence-electron chi connectivity index (χ4n) is 2.40. The zero-order chi connectivity index (χ0) is 16.6. The Morgan fingerprint density at radius 3 is 2.96 bits per heavy atom. The van der Waals surface area contributed by atoms with Crippen LogP contribution in [0.15, 0.2) is 23.6 Å². The van der Waals surface area contributed by atoms with Crippen molar-refractivity contribution in [2.24, 2.45) is 7.05 Å². The van der Waals surface area contributed by atoms with Crippen molar-refractivity contribution in [3.63, 3.8) is 0 Å². The molecule has 1 aliphatic heterocycles. The van der Waals surface area contributed by atoms with Gasteiger partial charge in [-0.3, -0.25) is 0 Å². The van der Waals surface area contributed by atoms with Crippen LogP contribution >= 0.6 is 11.8 Å². The van der Waals surface area contributed by atoms with E-state index in [0.29, 0.717) is 17.1 Å². The molecule has 0 bridgehead atoms. The van der Waals surface area contributed by atoms with E-state index in [0.717, 1.165) is 0 Å². The first kappa shape index (κ1) is 15.7. The summed E-state index contributed by atoms with van der Waals surface area (Å²) in [7, 11) is 2.04. The number of carboxylic acids is 1. The molecule has 0 unspecified atom stereocenters. The highest BCUT2D eigenvalue weighted by molar-refractivity contribution is 8.01. The Kier molecular flexibility index (Phi) is 4.18. The normalized spacial score (nSPS) is 16.7. The van der Waals surface area contributed by atoms with E-state index in [2.05, 4.69) is 10.2 Å². The van der Waals surface area contributed by atoms with Gasteiger partial charge in [-0.05, 0) is 18.1 Å². The van der Waals surface area contributed by atoms with Gasteiger partial charge in [-0.15, -0.1) is 10.2 Å². The number of benzene rings is 1. The van der Waals surface area contributed by atoms with Gasteiger partial charge in [0.1, 0.15) is 23.4 Å². The molecule has 0 saturated carbocycles. The van der Waals surface area contributed by atoms with E-state index in [9.17, 15) is 14.9 Å². The quantitative estimate of drug-likeness (QED) is 0.784. The topological polar surface area (TPSA) is 107 Å². The molecule has 2 N–H and O–H groups in total. The van der Waals surface area contributed by atoms with Gasteiger partial charge in [0.25, 0.3) is 0 Å². The minimum atomic E-state index is -1.16. The summed E-state index contributed by atoms with van der Waals surface area (Å²) in [5.74, 6) is -0.813. The summed E-state index contributed by atoms with van der Waals surface area (Å²) in [6, 6.07) is 3.34. The predicted molar refractivity (Wildman–Crippen MR) is 82.9 cm³/mol. The number of aromatic carboxylic acids is 1. The molecule has 2 aromatic rings. The van der Waals surface area contributed by atoms with Crippen LogP contribution in [0.25, 0.3) is 0 Å². The molecule has 1 aromatic carbocycles. The van der Waals surface area contributed by atoms with Crippen LogP contribution in [0.4, 0.5) is 0 Å². The number of aromatic nitrogens is 3. The van der Waals surface area contributed by atoms with Gasteiger partial charge in [-0.1, -0.05) is 17.8 Å². The van der Waals surface area contributed by atoms with Crippen LogP contribution in [-0.4, -0.2) is 50.2 Å². The number of nitrogens with zero attached hydrogens (tertiary/aromatic N) is 3. The smallest absolute Gasteiger partial charge is 0.534 e. The van der Waals surface area contributed by atoms with Gasteiger partial charge in [0.05, 0.1) is 12.3 Å². The summed E-state index contributed by atoms with van der Waals surface area (Å²) >= 11 is 1.33. The molecule has 1 aromatic heterocycles. The summed E-state index contributed by atoms with van der Waals surface area (Å²) in [6.45, 7) is 0. The maximum absolute atomic E-state index is 11.5. The van der Waals surface area contributed by atoms with E-state index < -0.39 is 13.1 Å². The van der Waals surface area contributed by atoms with Crippen LogP contribution in [0.3, 0.4) is 0 Å². The van der Waals surface area contributed by atoms with Crippen molar-refractivity contribution in [1.82, 2.24) is 14.8 Å². The fourth-order valence-corrected chi connectivity index (χ4v) is 3.42. The number of rotatable bonds is 4.